The summed E-state index contributed by atoms with van der Waals surface area (Å²) in [6, 6.07) is 0. The second-order valence-corrected chi connectivity index (χ2v) is 2.33. The second-order valence-electron chi connectivity index (χ2n) is 2.33. The van der Waals surface area contributed by atoms with Gasteiger partial charge in [0.15, 0.2) is 0 Å². The summed E-state index contributed by atoms with van der Waals surface area (Å²) in [5, 5.41) is 0. The Kier molecular flexibility index (Phi) is 23.9. The van der Waals surface area contributed by atoms with E-state index in [0.29, 0.717) is 0 Å². The Labute approximate surface area is 96.8 Å². The van der Waals surface area contributed by atoms with Crippen molar-refractivity contribution in [3.63, 3.8) is 0 Å². The minimum absolute atomic E-state index is 0. The van der Waals surface area contributed by atoms with E-state index in [2.05, 4.69) is 37.8 Å². The summed E-state index contributed by atoms with van der Waals surface area (Å²) in [5.74, 6) is 5.66. The highest BCUT2D eigenvalue weighted by Crippen LogP contribution is 2.01. The van der Waals surface area contributed by atoms with Gasteiger partial charge in [-0.25, -0.2) is 0 Å². The predicted molar refractivity (Wildman–Crippen MR) is 73.9 cm³/mol. The molecule has 0 bridgehead atoms. The Morgan fingerprint density at radius 1 is 1.20 bits per heavy atom. The van der Waals surface area contributed by atoms with Crippen LogP contribution in [-0.4, -0.2) is 0 Å². The monoisotopic (exact) mass is 206 g/mol. The van der Waals surface area contributed by atoms with Gasteiger partial charge >= 0.3 is 0 Å². The van der Waals surface area contributed by atoms with E-state index in [4.69, 9.17) is 0 Å². The summed E-state index contributed by atoms with van der Waals surface area (Å²) in [6.07, 6.45) is 11.1. The second kappa shape index (κ2) is 18.5. The molecule has 0 rings (SSSR count). The van der Waals surface area contributed by atoms with Gasteiger partial charge in [-0.3, -0.25) is 0 Å². The van der Waals surface area contributed by atoms with Crippen LogP contribution in [-0.2, 0) is 0 Å². The van der Waals surface area contributed by atoms with Crippen LogP contribution in [0, 0.1) is 11.8 Å². The summed E-state index contributed by atoms with van der Waals surface area (Å²) < 4.78 is 0. The fourth-order valence-corrected chi connectivity index (χ4v) is 0.784. The number of rotatable bonds is 3. The Balaban J connectivity index is -0.000000449. The highest BCUT2D eigenvalue weighted by molar-refractivity contribution is 5.24. The molecule has 0 spiro atoms. The van der Waals surface area contributed by atoms with Crippen LogP contribution in [0.5, 0.6) is 0 Å². The topological polar surface area (TPSA) is 0 Å². The molecule has 0 amide bonds. The average molecular weight is 206 g/mol. The molecule has 0 radical (unpaired) electrons. The zero-order valence-electron chi connectivity index (χ0n) is 10.1. The highest BCUT2D eigenvalue weighted by Gasteiger charge is 1.80. The van der Waals surface area contributed by atoms with E-state index in [9.17, 15) is 0 Å². The normalized spacial score (nSPS) is 10.1. The molecular formula is C15H26. The Morgan fingerprint density at radius 3 is 2.20 bits per heavy atom. The maximum Gasteiger partial charge on any atom is -0.00235 e. The fraction of sp³-hybridized carbons (Fsp3) is 0.467. The molecule has 15 heavy (non-hydrogen) atoms. The predicted octanol–water partition coefficient (Wildman–Crippen LogP) is 5.14. The van der Waals surface area contributed by atoms with Gasteiger partial charge < -0.3 is 0 Å². The van der Waals surface area contributed by atoms with E-state index < -0.39 is 0 Å². The van der Waals surface area contributed by atoms with Crippen LogP contribution in [0.2, 0.25) is 0 Å². The van der Waals surface area contributed by atoms with Crippen LogP contribution in [0.1, 0.15) is 48.5 Å². The first kappa shape index (κ1) is 19.4. The van der Waals surface area contributed by atoms with Gasteiger partial charge in [-0.1, -0.05) is 64.0 Å². The molecule has 0 aromatic heterocycles. The SMILES string of the molecule is C.CC.CC#C/C=C/C=C\C(=C/C)CC. The van der Waals surface area contributed by atoms with Crippen molar-refractivity contribution in [2.75, 3.05) is 0 Å². The Morgan fingerprint density at radius 2 is 1.80 bits per heavy atom. The first-order valence-corrected chi connectivity index (χ1v) is 5.25. The standard InChI is InChI=1S/C12H16.C2H6.CH4/c1-4-7-8-9-10-11-12(5-2)6-3;1-2;/h5,8-11H,6H2,1-3H3;1-2H3;1H4/b9-8+,11-10-,12-5-;;. The van der Waals surface area contributed by atoms with Crippen molar-refractivity contribution in [3.8, 4) is 11.8 Å². The van der Waals surface area contributed by atoms with Crippen molar-refractivity contribution in [3.05, 3.63) is 36.0 Å². The molecule has 0 atom stereocenters. The van der Waals surface area contributed by atoms with Gasteiger partial charge in [0.05, 0.1) is 0 Å². The summed E-state index contributed by atoms with van der Waals surface area (Å²) in [7, 11) is 0. The van der Waals surface area contributed by atoms with E-state index in [-0.39, 0.29) is 7.43 Å². The molecule has 0 unspecified atom stereocenters. The van der Waals surface area contributed by atoms with Crippen molar-refractivity contribution in [2.45, 2.75) is 48.5 Å². The maximum atomic E-state index is 2.86. The molecule has 0 aromatic rings. The lowest BCUT2D eigenvalue weighted by atomic mass is 10.2. The molecule has 0 aliphatic heterocycles. The first-order valence-electron chi connectivity index (χ1n) is 5.25. The van der Waals surface area contributed by atoms with Crippen molar-refractivity contribution in [1.82, 2.24) is 0 Å². The fourth-order valence-electron chi connectivity index (χ4n) is 0.784. The number of hydrogen-bond donors (Lipinski definition) is 0. The molecule has 0 heterocycles. The van der Waals surface area contributed by atoms with Crippen molar-refractivity contribution >= 4 is 0 Å². The Bertz CT molecular complexity index is 241. The third-order valence-electron chi connectivity index (χ3n) is 1.52. The van der Waals surface area contributed by atoms with Crippen molar-refractivity contribution < 1.29 is 0 Å². The molecule has 0 heteroatoms. The van der Waals surface area contributed by atoms with Crippen LogP contribution in [0.4, 0.5) is 0 Å². The van der Waals surface area contributed by atoms with Crippen LogP contribution < -0.4 is 0 Å². The third kappa shape index (κ3) is 15.5. The summed E-state index contributed by atoms with van der Waals surface area (Å²) in [6.45, 7) is 10.0. The summed E-state index contributed by atoms with van der Waals surface area (Å²) in [5.41, 5.74) is 1.35. The van der Waals surface area contributed by atoms with Gasteiger partial charge in [-0.2, -0.15) is 0 Å². The minimum Gasteiger partial charge on any atom is -0.102 e. The Hall–Kier alpha value is -1.22. The molecule has 0 aliphatic carbocycles. The first-order chi connectivity index (χ1) is 6.85. The van der Waals surface area contributed by atoms with Gasteiger partial charge in [-0.05, 0) is 26.3 Å². The molecule has 86 valence electrons. The third-order valence-corrected chi connectivity index (χ3v) is 1.52. The molecule has 0 fully saturated rings. The van der Waals surface area contributed by atoms with Gasteiger partial charge in [0.1, 0.15) is 0 Å². The highest BCUT2D eigenvalue weighted by atomic mass is 13.9. The van der Waals surface area contributed by atoms with E-state index >= 15 is 0 Å². The van der Waals surface area contributed by atoms with Crippen LogP contribution in [0.3, 0.4) is 0 Å². The summed E-state index contributed by atoms with van der Waals surface area (Å²) >= 11 is 0. The lowest BCUT2D eigenvalue weighted by Gasteiger charge is -1.90. The van der Waals surface area contributed by atoms with E-state index in [0.717, 1.165) is 6.42 Å². The molecular weight excluding hydrogens is 180 g/mol. The molecule has 0 saturated carbocycles. The number of allylic oxidation sites excluding steroid dienone is 6. The van der Waals surface area contributed by atoms with Gasteiger partial charge in [0.2, 0.25) is 0 Å². The van der Waals surface area contributed by atoms with Gasteiger partial charge in [0.25, 0.3) is 0 Å². The van der Waals surface area contributed by atoms with E-state index in [1.807, 2.05) is 39.0 Å². The van der Waals surface area contributed by atoms with E-state index in [1.165, 1.54) is 5.57 Å². The van der Waals surface area contributed by atoms with Crippen LogP contribution in [0.15, 0.2) is 36.0 Å². The van der Waals surface area contributed by atoms with Gasteiger partial charge in [-0.15, -0.1) is 5.92 Å². The number of hydrogen-bond acceptors (Lipinski definition) is 0. The summed E-state index contributed by atoms with van der Waals surface area (Å²) in [4.78, 5) is 0. The van der Waals surface area contributed by atoms with Crippen LogP contribution in [0.25, 0.3) is 0 Å². The lowest BCUT2D eigenvalue weighted by molar-refractivity contribution is 1.14. The molecule has 0 aliphatic rings. The van der Waals surface area contributed by atoms with E-state index in [1.54, 1.807) is 0 Å². The van der Waals surface area contributed by atoms with Gasteiger partial charge in [0, 0.05) is 0 Å². The zero-order valence-corrected chi connectivity index (χ0v) is 10.1. The largest absolute Gasteiger partial charge is 0.102 e. The molecule has 0 nitrogen and oxygen atoms in total. The lowest BCUT2D eigenvalue weighted by Crippen LogP contribution is -1.70. The maximum absolute atomic E-state index is 2.86. The molecule has 0 aromatic carbocycles. The average Bonchev–Trinajstić information content (AvgIpc) is 2.26. The smallest absolute Gasteiger partial charge is 0.00235 e. The minimum atomic E-state index is 0. The van der Waals surface area contributed by atoms with Crippen molar-refractivity contribution in [1.29, 1.82) is 0 Å². The zero-order chi connectivity index (χ0) is 11.2. The molecule has 0 N–H and O–H groups in total. The van der Waals surface area contributed by atoms with Crippen LogP contribution >= 0.6 is 0 Å². The quantitative estimate of drug-likeness (QED) is 0.443. The van der Waals surface area contributed by atoms with Crippen molar-refractivity contribution in [2.24, 2.45) is 0 Å². The molecule has 0 saturated heterocycles.